The second-order valence-electron chi connectivity index (χ2n) is 4.66. The molecule has 0 bridgehead atoms. The predicted molar refractivity (Wildman–Crippen MR) is 76.1 cm³/mol. The topological polar surface area (TPSA) is 75.5 Å². The SMILES string of the molecule is COCCN(Cc1ccco1)C(=O)c1cc(C(C)=O)c[nH]1. The number of ketones is 1. The van der Waals surface area contributed by atoms with Crippen LogP contribution in [0, 0.1) is 0 Å². The fraction of sp³-hybridized carbons (Fsp3) is 0.333. The Morgan fingerprint density at radius 2 is 2.24 bits per heavy atom. The summed E-state index contributed by atoms with van der Waals surface area (Å²) in [6.07, 6.45) is 3.10. The van der Waals surface area contributed by atoms with Gasteiger partial charge in [-0.25, -0.2) is 0 Å². The smallest absolute Gasteiger partial charge is 0.270 e. The molecule has 1 amide bonds. The van der Waals surface area contributed by atoms with E-state index in [1.165, 1.54) is 13.1 Å². The van der Waals surface area contributed by atoms with Crippen molar-refractivity contribution in [3.63, 3.8) is 0 Å². The van der Waals surface area contributed by atoms with Crippen molar-refractivity contribution in [2.24, 2.45) is 0 Å². The number of carbonyl (C=O) groups excluding carboxylic acids is 2. The van der Waals surface area contributed by atoms with Gasteiger partial charge in [0.05, 0.1) is 19.4 Å². The number of Topliss-reactive ketones (excluding diaryl/α,β-unsaturated/α-hetero) is 1. The number of methoxy groups -OCH3 is 1. The quantitative estimate of drug-likeness (QED) is 0.792. The number of ether oxygens (including phenoxy) is 1. The summed E-state index contributed by atoms with van der Waals surface area (Å²) in [6.45, 7) is 2.67. The van der Waals surface area contributed by atoms with Gasteiger partial charge in [-0.2, -0.15) is 0 Å². The number of nitrogens with one attached hydrogen (secondary N) is 1. The van der Waals surface area contributed by atoms with Gasteiger partial charge in [-0.15, -0.1) is 0 Å². The highest BCUT2D eigenvalue weighted by Gasteiger charge is 2.19. The molecule has 0 aromatic carbocycles. The molecule has 2 rings (SSSR count). The van der Waals surface area contributed by atoms with E-state index in [2.05, 4.69) is 4.98 Å². The van der Waals surface area contributed by atoms with Gasteiger partial charge in [0.2, 0.25) is 0 Å². The molecule has 0 unspecified atom stereocenters. The van der Waals surface area contributed by atoms with E-state index in [4.69, 9.17) is 9.15 Å². The number of rotatable bonds is 7. The number of aromatic amines is 1. The zero-order valence-electron chi connectivity index (χ0n) is 12.1. The highest BCUT2D eigenvalue weighted by molar-refractivity contribution is 5.99. The van der Waals surface area contributed by atoms with Crippen LogP contribution < -0.4 is 0 Å². The Bertz CT molecular complexity index is 601. The van der Waals surface area contributed by atoms with Gasteiger partial charge in [0.25, 0.3) is 5.91 Å². The van der Waals surface area contributed by atoms with E-state index in [1.807, 2.05) is 6.07 Å². The second kappa shape index (κ2) is 6.90. The highest BCUT2D eigenvalue weighted by Crippen LogP contribution is 2.11. The number of carbonyl (C=O) groups is 2. The van der Waals surface area contributed by atoms with Crippen molar-refractivity contribution in [2.45, 2.75) is 13.5 Å². The minimum Gasteiger partial charge on any atom is -0.467 e. The molecule has 6 nitrogen and oxygen atoms in total. The molecule has 2 aromatic rings. The molecule has 112 valence electrons. The summed E-state index contributed by atoms with van der Waals surface area (Å²) in [7, 11) is 1.58. The lowest BCUT2D eigenvalue weighted by Crippen LogP contribution is -2.33. The van der Waals surface area contributed by atoms with Crippen LogP contribution in [0.2, 0.25) is 0 Å². The van der Waals surface area contributed by atoms with Gasteiger partial charge in [-0.1, -0.05) is 0 Å². The van der Waals surface area contributed by atoms with Crippen molar-refractivity contribution < 1.29 is 18.7 Å². The van der Waals surface area contributed by atoms with Crippen LogP contribution in [0.1, 0.15) is 33.5 Å². The average molecular weight is 290 g/mol. The van der Waals surface area contributed by atoms with Gasteiger partial charge >= 0.3 is 0 Å². The minimum absolute atomic E-state index is 0.0835. The van der Waals surface area contributed by atoms with Crippen molar-refractivity contribution in [3.8, 4) is 0 Å². The largest absolute Gasteiger partial charge is 0.467 e. The summed E-state index contributed by atoms with van der Waals surface area (Å²) in [5.74, 6) is 0.411. The van der Waals surface area contributed by atoms with Crippen molar-refractivity contribution in [2.75, 3.05) is 20.3 Å². The van der Waals surface area contributed by atoms with Gasteiger partial charge in [-0.3, -0.25) is 9.59 Å². The molecule has 2 heterocycles. The molecule has 0 saturated heterocycles. The first kappa shape index (κ1) is 15.1. The Morgan fingerprint density at radius 1 is 1.43 bits per heavy atom. The third-order valence-electron chi connectivity index (χ3n) is 3.10. The van der Waals surface area contributed by atoms with Crippen molar-refractivity contribution in [3.05, 3.63) is 47.7 Å². The minimum atomic E-state index is -0.198. The Labute approximate surface area is 122 Å². The van der Waals surface area contributed by atoms with Gasteiger partial charge in [0.15, 0.2) is 5.78 Å². The van der Waals surface area contributed by atoms with E-state index < -0.39 is 0 Å². The highest BCUT2D eigenvalue weighted by atomic mass is 16.5. The fourth-order valence-electron chi connectivity index (χ4n) is 1.94. The Kier molecular flexibility index (Phi) is 4.94. The maximum Gasteiger partial charge on any atom is 0.270 e. The summed E-state index contributed by atoms with van der Waals surface area (Å²) < 4.78 is 10.3. The number of furan rings is 1. The third-order valence-corrected chi connectivity index (χ3v) is 3.10. The molecule has 1 N–H and O–H groups in total. The van der Waals surface area contributed by atoms with E-state index in [0.29, 0.717) is 36.7 Å². The first-order valence-electron chi connectivity index (χ1n) is 6.61. The Hall–Kier alpha value is -2.34. The van der Waals surface area contributed by atoms with Gasteiger partial charge in [-0.05, 0) is 25.1 Å². The molecule has 2 aromatic heterocycles. The number of aromatic nitrogens is 1. The summed E-state index contributed by atoms with van der Waals surface area (Å²) in [4.78, 5) is 28.2. The van der Waals surface area contributed by atoms with Gasteiger partial charge in [0.1, 0.15) is 11.5 Å². The normalized spacial score (nSPS) is 10.6. The van der Waals surface area contributed by atoms with E-state index >= 15 is 0 Å². The lowest BCUT2D eigenvalue weighted by Gasteiger charge is -2.20. The van der Waals surface area contributed by atoms with Crippen molar-refractivity contribution >= 4 is 11.7 Å². The van der Waals surface area contributed by atoms with Crippen molar-refractivity contribution in [1.82, 2.24) is 9.88 Å². The predicted octanol–water partition coefficient (Wildman–Crippen LogP) is 2.10. The molecule has 0 aliphatic rings. The van der Waals surface area contributed by atoms with Gasteiger partial charge in [0, 0.05) is 25.4 Å². The third kappa shape index (κ3) is 3.82. The molecular weight excluding hydrogens is 272 g/mol. The lowest BCUT2D eigenvalue weighted by molar-refractivity contribution is 0.0661. The number of hydrogen-bond acceptors (Lipinski definition) is 4. The Balaban J connectivity index is 2.13. The van der Waals surface area contributed by atoms with E-state index in [9.17, 15) is 9.59 Å². The van der Waals surface area contributed by atoms with Crippen LogP contribution in [0.4, 0.5) is 0 Å². The van der Waals surface area contributed by atoms with Crippen LogP contribution in [0.15, 0.2) is 35.1 Å². The zero-order valence-corrected chi connectivity index (χ0v) is 12.1. The molecule has 0 saturated carbocycles. The van der Waals surface area contributed by atoms with E-state index in [1.54, 1.807) is 30.4 Å². The monoisotopic (exact) mass is 290 g/mol. The van der Waals surface area contributed by atoms with Crippen LogP contribution in [-0.4, -0.2) is 41.8 Å². The van der Waals surface area contributed by atoms with Crippen LogP contribution in [-0.2, 0) is 11.3 Å². The average Bonchev–Trinajstić information content (AvgIpc) is 3.13. The molecule has 0 radical (unpaired) electrons. The van der Waals surface area contributed by atoms with E-state index in [0.717, 1.165) is 0 Å². The molecular formula is C15H18N2O4. The Morgan fingerprint density at radius 3 is 2.81 bits per heavy atom. The summed E-state index contributed by atoms with van der Waals surface area (Å²) in [6, 6.07) is 5.15. The lowest BCUT2D eigenvalue weighted by atomic mass is 10.2. The van der Waals surface area contributed by atoms with Crippen LogP contribution in [0.25, 0.3) is 0 Å². The van der Waals surface area contributed by atoms with Crippen LogP contribution in [0.3, 0.4) is 0 Å². The van der Waals surface area contributed by atoms with Crippen LogP contribution in [0.5, 0.6) is 0 Å². The number of amides is 1. The second-order valence-corrected chi connectivity index (χ2v) is 4.66. The van der Waals surface area contributed by atoms with Crippen molar-refractivity contribution in [1.29, 1.82) is 0 Å². The standard InChI is InChI=1S/C15H18N2O4/c1-11(18)12-8-14(16-9-12)15(19)17(5-7-20-2)10-13-4-3-6-21-13/h3-4,6,8-9,16H,5,7,10H2,1-2H3. The fourth-order valence-corrected chi connectivity index (χ4v) is 1.94. The van der Waals surface area contributed by atoms with Crippen LogP contribution >= 0.6 is 0 Å². The molecule has 6 heteroatoms. The van der Waals surface area contributed by atoms with E-state index in [-0.39, 0.29) is 11.7 Å². The molecule has 0 aliphatic carbocycles. The first-order chi connectivity index (χ1) is 10.1. The molecule has 0 fully saturated rings. The first-order valence-corrected chi connectivity index (χ1v) is 6.61. The molecule has 21 heavy (non-hydrogen) atoms. The molecule has 0 spiro atoms. The van der Waals surface area contributed by atoms with Gasteiger partial charge < -0.3 is 19.0 Å². The molecule has 0 aliphatic heterocycles. The summed E-state index contributed by atoms with van der Waals surface area (Å²) in [5.41, 5.74) is 0.867. The maximum absolute atomic E-state index is 12.5. The maximum atomic E-state index is 12.5. The number of hydrogen-bond donors (Lipinski definition) is 1. The zero-order chi connectivity index (χ0) is 15.2. The molecule has 0 atom stereocenters. The number of nitrogens with zero attached hydrogens (tertiary/aromatic N) is 1. The summed E-state index contributed by atoms with van der Waals surface area (Å²) in [5, 5.41) is 0. The number of H-pyrrole nitrogens is 1. The summed E-state index contributed by atoms with van der Waals surface area (Å²) >= 11 is 0.